The summed E-state index contributed by atoms with van der Waals surface area (Å²) in [5, 5.41) is 4.74. The van der Waals surface area contributed by atoms with Crippen LogP contribution in [0, 0.1) is 0 Å². The average Bonchev–Trinajstić information content (AvgIpc) is 2.00. The van der Waals surface area contributed by atoms with Crippen LogP contribution in [0.25, 0.3) is 0 Å². The molecule has 0 saturated heterocycles. The van der Waals surface area contributed by atoms with Crippen molar-refractivity contribution in [3.63, 3.8) is 0 Å². The molecule has 0 radical (unpaired) electrons. The number of alkyl halides is 3. The maximum absolute atomic E-state index is 11.7. The smallest absolute Gasteiger partial charge is 0.406 e. The quantitative estimate of drug-likeness (QED) is 0.894. The fraction of sp³-hybridized carbons (Fsp3) is 0.143. The van der Waals surface area contributed by atoms with E-state index in [1.807, 2.05) is 0 Å². The third-order valence-corrected chi connectivity index (χ3v) is 2.32. The summed E-state index contributed by atoms with van der Waals surface area (Å²) < 4.78 is 60.2. The van der Waals surface area contributed by atoms with Gasteiger partial charge in [0.1, 0.15) is 5.75 Å². The molecule has 0 fully saturated rings. The van der Waals surface area contributed by atoms with Crippen molar-refractivity contribution < 1.29 is 26.3 Å². The van der Waals surface area contributed by atoms with E-state index in [-0.39, 0.29) is 17.3 Å². The Morgan fingerprint density at radius 3 is 1.88 bits per heavy atom. The first-order valence-corrected chi connectivity index (χ1v) is 5.12. The van der Waals surface area contributed by atoms with Crippen LogP contribution in [0.1, 0.15) is 0 Å². The highest BCUT2D eigenvalue weighted by Gasteiger charge is 2.31. The molecule has 0 saturated carbocycles. The standard InChI is InChI=1S/C7H6F3NO3S.ClH/c8-7(9,10)14-5-1-3-6(4-2-5)15(11,12)13;/h1-4H,(H2,11,12,13);1H. The third kappa shape index (κ3) is 4.69. The zero-order valence-electron chi connectivity index (χ0n) is 7.56. The molecule has 0 heterocycles. The van der Waals surface area contributed by atoms with E-state index in [9.17, 15) is 21.6 Å². The Labute approximate surface area is 95.7 Å². The van der Waals surface area contributed by atoms with Gasteiger partial charge < -0.3 is 4.74 Å². The number of sulfonamides is 1. The minimum Gasteiger partial charge on any atom is -0.406 e. The summed E-state index contributed by atoms with van der Waals surface area (Å²) in [6.45, 7) is 0. The number of benzene rings is 1. The van der Waals surface area contributed by atoms with Gasteiger partial charge in [0, 0.05) is 0 Å². The summed E-state index contributed by atoms with van der Waals surface area (Å²) in [5.41, 5.74) is 0. The molecule has 1 aromatic carbocycles. The molecule has 1 aromatic rings. The van der Waals surface area contributed by atoms with Crippen LogP contribution in [-0.2, 0) is 10.0 Å². The molecule has 0 aromatic heterocycles. The van der Waals surface area contributed by atoms with Gasteiger partial charge in [0.05, 0.1) is 4.90 Å². The second-order valence-corrected chi connectivity index (χ2v) is 4.13. The summed E-state index contributed by atoms with van der Waals surface area (Å²) in [6, 6.07) is 3.59. The number of ether oxygens (including phenoxy) is 1. The maximum atomic E-state index is 11.7. The van der Waals surface area contributed by atoms with E-state index in [0.29, 0.717) is 0 Å². The molecule has 0 atom stereocenters. The van der Waals surface area contributed by atoms with E-state index < -0.39 is 22.1 Å². The zero-order valence-corrected chi connectivity index (χ0v) is 9.19. The van der Waals surface area contributed by atoms with Gasteiger partial charge >= 0.3 is 6.36 Å². The topological polar surface area (TPSA) is 69.4 Å². The Balaban J connectivity index is 0.00000225. The second kappa shape index (κ2) is 4.89. The Hall–Kier alpha value is -0.990. The molecule has 0 aliphatic carbocycles. The number of rotatable bonds is 2. The monoisotopic (exact) mass is 277 g/mol. The minimum atomic E-state index is -4.80. The molecule has 1 rings (SSSR count). The number of primary sulfonamides is 1. The predicted octanol–water partition coefficient (Wildman–Crippen LogP) is 1.65. The first-order valence-electron chi connectivity index (χ1n) is 3.57. The maximum Gasteiger partial charge on any atom is 0.573 e. The highest BCUT2D eigenvalue weighted by molar-refractivity contribution is 7.89. The van der Waals surface area contributed by atoms with Gasteiger partial charge in [-0.15, -0.1) is 25.6 Å². The SMILES string of the molecule is Cl.NS(=O)(=O)c1ccc(OC(F)(F)F)cc1. The third-order valence-electron chi connectivity index (χ3n) is 1.39. The van der Waals surface area contributed by atoms with Crippen molar-refractivity contribution in [1.82, 2.24) is 0 Å². The fourth-order valence-electron chi connectivity index (χ4n) is 0.831. The molecule has 2 N–H and O–H groups in total. The normalized spacial score (nSPS) is 11.8. The predicted molar refractivity (Wildman–Crippen MR) is 51.7 cm³/mol. The van der Waals surface area contributed by atoms with Crippen molar-refractivity contribution in [3.05, 3.63) is 24.3 Å². The van der Waals surface area contributed by atoms with Gasteiger partial charge in [-0.25, -0.2) is 13.6 Å². The Bertz CT molecular complexity index is 443. The van der Waals surface area contributed by atoms with Crippen molar-refractivity contribution in [2.45, 2.75) is 11.3 Å². The Morgan fingerprint density at radius 2 is 1.56 bits per heavy atom. The Kier molecular flexibility index (Phi) is 4.59. The van der Waals surface area contributed by atoms with Gasteiger partial charge in [0.15, 0.2) is 0 Å². The first kappa shape index (κ1) is 15.0. The van der Waals surface area contributed by atoms with Crippen LogP contribution in [-0.4, -0.2) is 14.8 Å². The van der Waals surface area contributed by atoms with Crippen LogP contribution in [0.5, 0.6) is 5.75 Å². The highest BCUT2D eigenvalue weighted by atomic mass is 35.5. The molecular formula is C7H7ClF3NO3S. The molecule has 0 amide bonds. The lowest BCUT2D eigenvalue weighted by molar-refractivity contribution is -0.274. The summed E-state index contributed by atoms with van der Waals surface area (Å²) in [7, 11) is -3.90. The lowest BCUT2D eigenvalue weighted by atomic mass is 10.3. The molecule has 0 bridgehead atoms. The van der Waals surface area contributed by atoms with Crippen LogP contribution >= 0.6 is 12.4 Å². The summed E-state index contributed by atoms with van der Waals surface area (Å²) in [6.07, 6.45) is -4.80. The lowest BCUT2D eigenvalue weighted by Crippen LogP contribution is -2.17. The van der Waals surface area contributed by atoms with E-state index in [2.05, 4.69) is 4.74 Å². The van der Waals surface area contributed by atoms with Gasteiger partial charge in [-0.05, 0) is 24.3 Å². The number of halogens is 4. The molecule has 9 heteroatoms. The van der Waals surface area contributed by atoms with E-state index in [1.165, 1.54) is 0 Å². The average molecular weight is 278 g/mol. The van der Waals surface area contributed by atoms with Gasteiger partial charge in [-0.1, -0.05) is 0 Å². The van der Waals surface area contributed by atoms with E-state index in [1.54, 1.807) is 0 Å². The van der Waals surface area contributed by atoms with Crippen molar-refractivity contribution in [2.75, 3.05) is 0 Å². The second-order valence-electron chi connectivity index (χ2n) is 2.56. The van der Waals surface area contributed by atoms with Crippen LogP contribution in [0.15, 0.2) is 29.2 Å². The van der Waals surface area contributed by atoms with Crippen molar-refractivity contribution in [2.24, 2.45) is 5.14 Å². The lowest BCUT2D eigenvalue weighted by Gasteiger charge is -2.08. The molecule has 92 valence electrons. The van der Waals surface area contributed by atoms with Crippen molar-refractivity contribution in [3.8, 4) is 5.75 Å². The number of hydrogen-bond donors (Lipinski definition) is 1. The van der Waals surface area contributed by atoms with E-state index in [0.717, 1.165) is 24.3 Å². The zero-order chi connectivity index (χ0) is 11.7. The van der Waals surface area contributed by atoms with E-state index in [4.69, 9.17) is 5.14 Å². The fourth-order valence-corrected chi connectivity index (χ4v) is 1.35. The molecule has 16 heavy (non-hydrogen) atoms. The van der Waals surface area contributed by atoms with Gasteiger partial charge in [0.2, 0.25) is 10.0 Å². The van der Waals surface area contributed by atoms with Crippen LogP contribution in [0.3, 0.4) is 0 Å². The van der Waals surface area contributed by atoms with Crippen LogP contribution in [0.4, 0.5) is 13.2 Å². The van der Waals surface area contributed by atoms with Gasteiger partial charge in [-0.2, -0.15) is 0 Å². The number of nitrogens with two attached hydrogens (primary N) is 1. The molecule has 0 spiro atoms. The van der Waals surface area contributed by atoms with Crippen molar-refractivity contribution >= 4 is 22.4 Å². The molecule has 4 nitrogen and oxygen atoms in total. The summed E-state index contributed by atoms with van der Waals surface area (Å²) in [5.74, 6) is -0.505. The molecule has 0 unspecified atom stereocenters. The Morgan fingerprint density at radius 1 is 1.12 bits per heavy atom. The highest BCUT2D eigenvalue weighted by Crippen LogP contribution is 2.23. The van der Waals surface area contributed by atoms with Crippen molar-refractivity contribution in [1.29, 1.82) is 0 Å². The molecular weight excluding hydrogens is 271 g/mol. The van der Waals surface area contributed by atoms with Gasteiger partial charge in [0.25, 0.3) is 0 Å². The molecule has 0 aliphatic heterocycles. The minimum absolute atomic E-state index is 0. The molecule has 0 aliphatic rings. The van der Waals surface area contributed by atoms with Crippen LogP contribution < -0.4 is 9.88 Å². The van der Waals surface area contributed by atoms with Crippen LogP contribution in [0.2, 0.25) is 0 Å². The summed E-state index contributed by atoms with van der Waals surface area (Å²) >= 11 is 0. The number of hydrogen-bond acceptors (Lipinski definition) is 3. The largest absolute Gasteiger partial charge is 0.573 e. The van der Waals surface area contributed by atoms with Gasteiger partial charge in [-0.3, -0.25) is 0 Å². The van der Waals surface area contributed by atoms with E-state index >= 15 is 0 Å². The first-order chi connectivity index (χ1) is 6.68. The summed E-state index contributed by atoms with van der Waals surface area (Å²) in [4.78, 5) is -0.281.